The topological polar surface area (TPSA) is 37.4 Å². The SMILES string of the molecule is O=S(=O)(c1cccc(Br)c1)N1CCCC(Br)C1. The molecular weight excluding hydrogens is 370 g/mol. The van der Waals surface area contributed by atoms with E-state index in [2.05, 4.69) is 31.9 Å². The van der Waals surface area contributed by atoms with Gasteiger partial charge in [-0.1, -0.05) is 37.9 Å². The third kappa shape index (κ3) is 3.10. The lowest BCUT2D eigenvalue weighted by Gasteiger charge is -2.29. The van der Waals surface area contributed by atoms with Crippen molar-refractivity contribution in [2.75, 3.05) is 13.1 Å². The highest BCUT2D eigenvalue weighted by Gasteiger charge is 2.29. The first kappa shape index (κ1) is 13.5. The lowest BCUT2D eigenvalue weighted by Crippen LogP contribution is -2.40. The molecule has 1 aromatic carbocycles. The Hall–Kier alpha value is 0.0900. The number of hydrogen-bond donors (Lipinski definition) is 0. The number of hydrogen-bond acceptors (Lipinski definition) is 2. The summed E-state index contributed by atoms with van der Waals surface area (Å²) in [6, 6.07) is 6.85. The van der Waals surface area contributed by atoms with Gasteiger partial charge in [0, 0.05) is 22.4 Å². The average molecular weight is 383 g/mol. The van der Waals surface area contributed by atoms with Gasteiger partial charge in [-0.3, -0.25) is 0 Å². The summed E-state index contributed by atoms with van der Waals surface area (Å²) < 4.78 is 27.1. The first-order valence-corrected chi connectivity index (χ1v) is 8.55. The van der Waals surface area contributed by atoms with Crippen LogP contribution in [0.5, 0.6) is 0 Å². The molecule has 1 aromatic rings. The summed E-state index contributed by atoms with van der Waals surface area (Å²) >= 11 is 6.79. The summed E-state index contributed by atoms with van der Waals surface area (Å²) in [6.07, 6.45) is 1.94. The van der Waals surface area contributed by atoms with Crippen molar-refractivity contribution in [3.63, 3.8) is 0 Å². The summed E-state index contributed by atoms with van der Waals surface area (Å²) in [4.78, 5) is 0.617. The van der Waals surface area contributed by atoms with Crippen LogP contribution in [0.4, 0.5) is 0 Å². The van der Waals surface area contributed by atoms with E-state index in [4.69, 9.17) is 0 Å². The fraction of sp³-hybridized carbons (Fsp3) is 0.455. The summed E-state index contributed by atoms with van der Waals surface area (Å²) in [7, 11) is -3.34. The molecule has 94 valence electrons. The van der Waals surface area contributed by atoms with Crippen molar-refractivity contribution in [3.05, 3.63) is 28.7 Å². The van der Waals surface area contributed by atoms with Crippen LogP contribution < -0.4 is 0 Å². The van der Waals surface area contributed by atoms with Crippen molar-refractivity contribution in [3.8, 4) is 0 Å². The molecule has 1 aliphatic rings. The van der Waals surface area contributed by atoms with Crippen molar-refractivity contribution in [2.24, 2.45) is 0 Å². The molecule has 1 aliphatic heterocycles. The van der Waals surface area contributed by atoms with Crippen LogP contribution in [0, 0.1) is 0 Å². The molecule has 0 radical (unpaired) electrons. The van der Waals surface area contributed by atoms with Gasteiger partial charge in [0.15, 0.2) is 0 Å². The molecule has 0 bridgehead atoms. The van der Waals surface area contributed by atoms with Crippen LogP contribution >= 0.6 is 31.9 Å². The molecule has 2 rings (SSSR count). The predicted molar refractivity (Wildman–Crippen MR) is 74.8 cm³/mol. The van der Waals surface area contributed by atoms with E-state index in [0.29, 0.717) is 18.0 Å². The standard InChI is InChI=1S/C11H13Br2NO2S/c12-9-3-1-5-11(7-9)17(15,16)14-6-2-4-10(13)8-14/h1,3,5,7,10H,2,4,6,8H2. The number of halogens is 2. The Bertz CT molecular complexity index is 504. The van der Waals surface area contributed by atoms with Gasteiger partial charge < -0.3 is 0 Å². The summed E-state index contributed by atoms with van der Waals surface area (Å²) in [6.45, 7) is 1.16. The van der Waals surface area contributed by atoms with E-state index in [9.17, 15) is 8.42 Å². The second-order valence-electron chi connectivity index (χ2n) is 4.06. The average Bonchev–Trinajstić information content (AvgIpc) is 2.29. The highest BCUT2D eigenvalue weighted by molar-refractivity contribution is 9.10. The predicted octanol–water partition coefficient (Wildman–Crippen LogP) is 3.00. The molecule has 0 N–H and O–H groups in total. The van der Waals surface area contributed by atoms with Gasteiger partial charge in [0.1, 0.15) is 0 Å². The van der Waals surface area contributed by atoms with Crippen LogP contribution in [0.3, 0.4) is 0 Å². The molecule has 3 nitrogen and oxygen atoms in total. The minimum absolute atomic E-state index is 0.262. The number of alkyl halides is 1. The van der Waals surface area contributed by atoms with Crippen LogP contribution in [-0.4, -0.2) is 30.6 Å². The van der Waals surface area contributed by atoms with Gasteiger partial charge in [-0.2, -0.15) is 4.31 Å². The lowest BCUT2D eigenvalue weighted by molar-refractivity contribution is 0.356. The van der Waals surface area contributed by atoms with E-state index in [1.165, 1.54) is 0 Å². The van der Waals surface area contributed by atoms with Crippen molar-refractivity contribution in [1.82, 2.24) is 4.31 Å². The quantitative estimate of drug-likeness (QED) is 0.737. The molecule has 0 amide bonds. The molecule has 1 heterocycles. The van der Waals surface area contributed by atoms with Crippen LogP contribution in [0.2, 0.25) is 0 Å². The fourth-order valence-electron chi connectivity index (χ4n) is 1.89. The summed E-state index contributed by atoms with van der Waals surface area (Å²) in [5.74, 6) is 0. The second-order valence-corrected chi connectivity index (χ2v) is 8.21. The minimum Gasteiger partial charge on any atom is -0.207 e. The van der Waals surface area contributed by atoms with E-state index < -0.39 is 10.0 Å². The number of sulfonamides is 1. The van der Waals surface area contributed by atoms with E-state index in [1.807, 2.05) is 6.07 Å². The smallest absolute Gasteiger partial charge is 0.207 e. The monoisotopic (exact) mass is 381 g/mol. The van der Waals surface area contributed by atoms with E-state index in [0.717, 1.165) is 17.3 Å². The van der Waals surface area contributed by atoms with Gasteiger partial charge in [-0.05, 0) is 31.0 Å². The summed E-state index contributed by atoms with van der Waals surface area (Å²) in [5.41, 5.74) is 0. The first-order chi connectivity index (χ1) is 8.00. The molecule has 1 atom stereocenters. The van der Waals surface area contributed by atoms with Crippen LogP contribution in [-0.2, 0) is 10.0 Å². The number of rotatable bonds is 2. The first-order valence-electron chi connectivity index (χ1n) is 5.40. The lowest BCUT2D eigenvalue weighted by atomic mass is 10.2. The highest BCUT2D eigenvalue weighted by atomic mass is 79.9. The molecule has 1 fully saturated rings. The largest absolute Gasteiger partial charge is 0.243 e. The number of nitrogens with zero attached hydrogens (tertiary/aromatic N) is 1. The van der Waals surface area contributed by atoms with Crippen molar-refractivity contribution in [2.45, 2.75) is 22.6 Å². The van der Waals surface area contributed by atoms with Crippen molar-refractivity contribution < 1.29 is 8.42 Å². The maximum Gasteiger partial charge on any atom is 0.243 e. The molecule has 1 saturated heterocycles. The van der Waals surface area contributed by atoms with Crippen LogP contribution in [0.1, 0.15) is 12.8 Å². The van der Waals surface area contributed by atoms with Gasteiger partial charge in [0.05, 0.1) is 4.90 Å². The number of piperidine rings is 1. The maximum atomic E-state index is 12.4. The van der Waals surface area contributed by atoms with Gasteiger partial charge >= 0.3 is 0 Å². The molecule has 0 aromatic heterocycles. The van der Waals surface area contributed by atoms with E-state index in [1.54, 1.807) is 22.5 Å². The zero-order valence-corrected chi connectivity index (χ0v) is 13.1. The molecule has 17 heavy (non-hydrogen) atoms. The molecule has 0 spiro atoms. The van der Waals surface area contributed by atoms with E-state index in [-0.39, 0.29) is 4.83 Å². The van der Waals surface area contributed by atoms with E-state index >= 15 is 0 Å². The maximum absolute atomic E-state index is 12.4. The van der Waals surface area contributed by atoms with Crippen molar-refractivity contribution in [1.29, 1.82) is 0 Å². The number of benzene rings is 1. The molecule has 6 heteroatoms. The van der Waals surface area contributed by atoms with Gasteiger partial charge in [0.2, 0.25) is 10.0 Å². The van der Waals surface area contributed by atoms with Crippen LogP contribution in [0.15, 0.2) is 33.6 Å². The summed E-state index contributed by atoms with van der Waals surface area (Å²) in [5, 5.41) is 0. The molecule has 0 aliphatic carbocycles. The minimum atomic E-state index is -3.34. The molecular formula is C11H13Br2NO2S. The zero-order valence-electron chi connectivity index (χ0n) is 9.14. The molecule has 1 unspecified atom stereocenters. The fourth-order valence-corrected chi connectivity index (χ4v) is 4.87. The van der Waals surface area contributed by atoms with Crippen LogP contribution in [0.25, 0.3) is 0 Å². The Morgan fingerprint density at radius 2 is 2.12 bits per heavy atom. The third-order valence-electron chi connectivity index (χ3n) is 2.76. The van der Waals surface area contributed by atoms with Gasteiger partial charge in [0.25, 0.3) is 0 Å². The Labute approximate surface area is 119 Å². The molecule has 0 saturated carbocycles. The van der Waals surface area contributed by atoms with Crippen molar-refractivity contribution >= 4 is 41.9 Å². The second kappa shape index (κ2) is 5.38. The Morgan fingerprint density at radius 1 is 1.35 bits per heavy atom. The Balaban J connectivity index is 2.29. The highest BCUT2D eigenvalue weighted by Crippen LogP contribution is 2.25. The zero-order chi connectivity index (χ0) is 12.5. The Morgan fingerprint density at radius 3 is 2.76 bits per heavy atom. The van der Waals surface area contributed by atoms with Gasteiger partial charge in [-0.15, -0.1) is 0 Å². The Kier molecular flexibility index (Phi) is 4.28. The normalized spacial score (nSPS) is 22.6. The third-order valence-corrected chi connectivity index (χ3v) is 5.86. The van der Waals surface area contributed by atoms with Gasteiger partial charge in [-0.25, -0.2) is 8.42 Å².